The van der Waals surface area contributed by atoms with Crippen LogP contribution in [0, 0.1) is 0 Å². The summed E-state index contributed by atoms with van der Waals surface area (Å²) in [5.41, 5.74) is 0.0920. The first-order valence-corrected chi connectivity index (χ1v) is 6.07. The Kier molecular flexibility index (Phi) is 3.40. The van der Waals surface area contributed by atoms with Crippen molar-refractivity contribution >= 4 is 22.9 Å². The van der Waals surface area contributed by atoms with Gasteiger partial charge in [0.2, 0.25) is 0 Å². The van der Waals surface area contributed by atoms with Crippen molar-refractivity contribution in [3.8, 4) is 0 Å². The van der Waals surface area contributed by atoms with Crippen LogP contribution in [0.25, 0.3) is 11.0 Å². The van der Waals surface area contributed by atoms with Gasteiger partial charge in [-0.25, -0.2) is 9.78 Å². The first kappa shape index (κ1) is 13.9. The molecular weight excluding hydrogens is 258 g/mol. The van der Waals surface area contributed by atoms with E-state index in [0.29, 0.717) is 11.0 Å². The molecule has 2 aromatic rings. The van der Waals surface area contributed by atoms with Crippen LogP contribution in [0.3, 0.4) is 0 Å². The molecule has 0 spiro atoms. The number of para-hydroxylation sites is 2. The first-order chi connectivity index (χ1) is 9.34. The Labute approximate surface area is 116 Å². The zero-order chi connectivity index (χ0) is 14.9. The highest BCUT2D eigenvalue weighted by atomic mass is 16.4. The minimum atomic E-state index is -1.32. The molecule has 0 bridgehead atoms. The van der Waals surface area contributed by atoms with Gasteiger partial charge in [0.1, 0.15) is 11.2 Å². The predicted molar refractivity (Wildman–Crippen MR) is 73.3 cm³/mol. The first-order valence-electron chi connectivity index (χ1n) is 6.07. The molecule has 0 radical (unpaired) electrons. The number of likely N-dealkylation sites (N-methyl/N-ethyl adjacent to an activating group) is 1. The highest BCUT2D eigenvalue weighted by Gasteiger charge is 2.36. The molecule has 1 aromatic carbocycles. The molecule has 0 unspecified atom stereocenters. The highest BCUT2D eigenvalue weighted by molar-refractivity contribution is 5.97. The van der Waals surface area contributed by atoms with Crippen molar-refractivity contribution in [3.05, 3.63) is 36.2 Å². The van der Waals surface area contributed by atoms with E-state index in [9.17, 15) is 9.59 Å². The van der Waals surface area contributed by atoms with Crippen LogP contribution < -0.4 is 0 Å². The van der Waals surface area contributed by atoms with E-state index in [1.54, 1.807) is 18.2 Å². The summed E-state index contributed by atoms with van der Waals surface area (Å²) in [5.74, 6) is -1.56. The molecule has 6 heteroatoms. The maximum Gasteiger partial charge on any atom is 0.329 e. The lowest BCUT2D eigenvalue weighted by atomic mass is 10.0. The number of hydrogen-bond acceptors (Lipinski definition) is 4. The Morgan fingerprint density at radius 1 is 1.20 bits per heavy atom. The van der Waals surface area contributed by atoms with Crippen LogP contribution >= 0.6 is 0 Å². The van der Waals surface area contributed by atoms with Gasteiger partial charge in [0.25, 0.3) is 5.91 Å². The van der Waals surface area contributed by atoms with Gasteiger partial charge in [-0.1, -0.05) is 12.1 Å². The Morgan fingerprint density at radius 2 is 1.80 bits per heavy atom. The topological polar surface area (TPSA) is 83.4 Å². The van der Waals surface area contributed by atoms with Crippen LogP contribution in [0.2, 0.25) is 0 Å². The van der Waals surface area contributed by atoms with Crippen molar-refractivity contribution < 1.29 is 14.7 Å². The zero-order valence-electron chi connectivity index (χ0n) is 11.5. The third-order valence-corrected chi connectivity index (χ3v) is 3.33. The van der Waals surface area contributed by atoms with E-state index in [-0.39, 0.29) is 5.69 Å². The van der Waals surface area contributed by atoms with E-state index in [0.717, 1.165) is 4.90 Å². The summed E-state index contributed by atoms with van der Waals surface area (Å²) in [5, 5.41) is 9.15. The van der Waals surface area contributed by atoms with E-state index in [1.165, 1.54) is 27.1 Å². The van der Waals surface area contributed by atoms with E-state index < -0.39 is 17.4 Å². The van der Waals surface area contributed by atoms with Crippen LogP contribution in [0.4, 0.5) is 0 Å². The number of aliphatic carboxylic acids is 1. The second-order valence-corrected chi connectivity index (χ2v) is 4.97. The quantitative estimate of drug-likeness (QED) is 0.917. The molecule has 6 nitrogen and oxygen atoms in total. The second-order valence-electron chi connectivity index (χ2n) is 4.97. The Morgan fingerprint density at radius 3 is 2.40 bits per heavy atom. The molecule has 1 N–H and O–H groups in total. The monoisotopic (exact) mass is 273 g/mol. The average Bonchev–Trinajstić information content (AvgIpc) is 2.44. The molecule has 20 heavy (non-hydrogen) atoms. The Balaban J connectivity index is 2.38. The molecule has 104 valence electrons. The summed E-state index contributed by atoms with van der Waals surface area (Å²) in [7, 11) is 1.44. The summed E-state index contributed by atoms with van der Waals surface area (Å²) in [4.78, 5) is 33.0. The highest BCUT2D eigenvalue weighted by Crippen LogP contribution is 2.16. The summed E-state index contributed by atoms with van der Waals surface area (Å²) in [6.45, 7) is 2.92. The third-order valence-electron chi connectivity index (χ3n) is 3.33. The van der Waals surface area contributed by atoms with E-state index >= 15 is 0 Å². The average molecular weight is 273 g/mol. The zero-order valence-corrected chi connectivity index (χ0v) is 11.5. The van der Waals surface area contributed by atoms with Gasteiger partial charge in [-0.15, -0.1) is 0 Å². The van der Waals surface area contributed by atoms with Crippen molar-refractivity contribution in [1.29, 1.82) is 0 Å². The van der Waals surface area contributed by atoms with E-state index in [2.05, 4.69) is 9.97 Å². The van der Waals surface area contributed by atoms with Crippen LogP contribution in [0.15, 0.2) is 30.5 Å². The number of fused-ring (bicyclic) bond motifs is 1. The number of hydrogen-bond donors (Lipinski definition) is 1. The van der Waals surface area contributed by atoms with Gasteiger partial charge in [-0.2, -0.15) is 0 Å². The number of benzene rings is 1. The minimum absolute atomic E-state index is 0.125. The van der Waals surface area contributed by atoms with E-state index in [1.807, 2.05) is 6.07 Å². The fourth-order valence-corrected chi connectivity index (χ4v) is 1.63. The Hall–Kier alpha value is -2.50. The standard InChI is InChI=1S/C14H15N3O3/c1-14(2,13(19)20)17(3)12(18)11-8-15-9-6-4-5-7-10(9)16-11/h4-8H,1-3H3,(H,19,20). The molecule has 0 saturated heterocycles. The third kappa shape index (κ3) is 2.32. The van der Waals surface area contributed by atoms with Crippen molar-refractivity contribution in [2.75, 3.05) is 7.05 Å². The molecule has 1 amide bonds. The molecule has 0 fully saturated rings. The van der Waals surface area contributed by atoms with Gasteiger partial charge in [0.15, 0.2) is 0 Å². The molecular formula is C14H15N3O3. The summed E-state index contributed by atoms with van der Waals surface area (Å²) >= 11 is 0. The fourth-order valence-electron chi connectivity index (χ4n) is 1.63. The summed E-state index contributed by atoms with van der Waals surface area (Å²) in [6, 6.07) is 7.18. The van der Waals surface area contributed by atoms with Gasteiger partial charge in [0.05, 0.1) is 17.2 Å². The SMILES string of the molecule is CN(C(=O)c1cnc2ccccc2n1)C(C)(C)C(=O)O. The normalized spacial score (nSPS) is 11.3. The molecule has 0 atom stereocenters. The second kappa shape index (κ2) is 4.88. The van der Waals surface area contributed by atoms with Gasteiger partial charge < -0.3 is 10.0 Å². The van der Waals surface area contributed by atoms with Crippen LogP contribution in [0.5, 0.6) is 0 Å². The number of aromatic nitrogens is 2. The van der Waals surface area contributed by atoms with Crippen LogP contribution in [-0.4, -0.2) is 44.4 Å². The molecule has 0 aliphatic rings. The van der Waals surface area contributed by atoms with Crippen molar-refractivity contribution in [2.45, 2.75) is 19.4 Å². The van der Waals surface area contributed by atoms with Gasteiger partial charge in [-0.05, 0) is 26.0 Å². The number of amides is 1. The number of carboxylic acid groups (broad SMARTS) is 1. The molecule has 0 aliphatic heterocycles. The number of carbonyl (C=O) groups is 2. The maximum atomic E-state index is 12.3. The molecule has 1 aromatic heterocycles. The molecule has 0 aliphatic carbocycles. The summed E-state index contributed by atoms with van der Waals surface area (Å²) < 4.78 is 0. The van der Waals surface area contributed by atoms with Crippen molar-refractivity contribution in [3.63, 3.8) is 0 Å². The fraction of sp³-hybridized carbons (Fsp3) is 0.286. The van der Waals surface area contributed by atoms with E-state index in [4.69, 9.17) is 5.11 Å². The summed E-state index contributed by atoms with van der Waals surface area (Å²) in [6.07, 6.45) is 1.36. The number of nitrogens with zero attached hydrogens (tertiary/aromatic N) is 3. The van der Waals surface area contributed by atoms with Gasteiger partial charge >= 0.3 is 5.97 Å². The minimum Gasteiger partial charge on any atom is -0.480 e. The van der Waals surface area contributed by atoms with Crippen LogP contribution in [-0.2, 0) is 4.79 Å². The number of rotatable bonds is 3. The predicted octanol–water partition coefficient (Wildman–Crippen LogP) is 1.56. The van der Waals surface area contributed by atoms with Gasteiger partial charge in [0, 0.05) is 7.05 Å². The van der Waals surface area contributed by atoms with Gasteiger partial charge in [-0.3, -0.25) is 9.78 Å². The molecule has 0 saturated carbocycles. The lowest BCUT2D eigenvalue weighted by molar-refractivity contribution is -0.147. The maximum absolute atomic E-state index is 12.3. The lowest BCUT2D eigenvalue weighted by Crippen LogP contribution is -2.51. The number of carboxylic acids is 1. The molecule has 2 rings (SSSR count). The van der Waals surface area contributed by atoms with Crippen molar-refractivity contribution in [2.24, 2.45) is 0 Å². The molecule has 1 heterocycles. The number of carbonyl (C=O) groups excluding carboxylic acids is 1. The smallest absolute Gasteiger partial charge is 0.329 e. The Bertz CT molecular complexity index is 682. The van der Waals surface area contributed by atoms with Crippen LogP contribution in [0.1, 0.15) is 24.3 Å². The lowest BCUT2D eigenvalue weighted by Gasteiger charge is -2.31. The van der Waals surface area contributed by atoms with Crippen molar-refractivity contribution in [1.82, 2.24) is 14.9 Å². The largest absolute Gasteiger partial charge is 0.480 e.